The molecule has 0 aromatic rings. The molecule has 2 fully saturated rings. The van der Waals surface area contributed by atoms with Gasteiger partial charge in [0, 0.05) is 26.2 Å². The quantitative estimate of drug-likeness (QED) is 0.547. The Hall–Kier alpha value is -0.200. The van der Waals surface area contributed by atoms with Gasteiger partial charge in [0.1, 0.15) is 0 Å². The van der Waals surface area contributed by atoms with E-state index in [0.717, 1.165) is 39.0 Å². The van der Waals surface area contributed by atoms with Gasteiger partial charge in [-0.25, -0.2) is 5.43 Å². The lowest BCUT2D eigenvalue weighted by molar-refractivity contribution is -0.207. The minimum absolute atomic E-state index is 0.103. The summed E-state index contributed by atoms with van der Waals surface area (Å²) < 4.78 is 11.0. The predicted octanol–water partition coefficient (Wildman–Crippen LogP) is 1.11. The van der Waals surface area contributed by atoms with Crippen LogP contribution >= 0.6 is 0 Å². The van der Waals surface area contributed by atoms with E-state index in [1.54, 1.807) is 0 Å². The largest absolute Gasteiger partial charge is 0.377 e. The van der Waals surface area contributed by atoms with Crippen molar-refractivity contribution < 1.29 is 14.3 Å². The van der Waals surface area contributed by atoms with Crippen LogP contribution < -0.4 is 11.0 Å². The van der Waals surface area contributed by atoms with Crippen LogP contribution in [-0.4, -0.2) is 32.2 Å². The van der Waals surface area contributed by atoms with Crippen molar-refractivity contribution in [3.05, 3.63) is 0 Å². The first kappa shape index (κ1) is 12.3. The monoisotopic (exact) mass is 230 g/mol. The highest BCUT2D eigenvalue weighted by Crippen LogP contribution is 2.13. The minimum atomic E-state index is -0.103. The molecule has 2 aliphatic heterocycles. The maximum absolute atomic E-state index is 5.58. The second-order valence-electron chi connectivity index (χ2n) is 4.39. The van der Waals surface area contributed by atoms with Crippen LogP contribution in [-0.2, 0) is 14.3 Å². The van der Waals surface area contributed by atoms with E-state index < -0.39 is 0 Å². The van der Waals surface area contributed by atoms with E-state index in [9.17, 15) is 0 Å². The lowest BCUT2D eigenvalue weighted by atomic mass is 10.1. The van der Waals surface area contributed by atoms with Gasteiger partial charge in [-0.05, 0) is 32.1 Å². The molecule has 0 spiro atoms. The standard InChI is InChI=1S/C11H22N2O3/c1-3-7-14-10(5-1)9-12-13-16-11-6-2-4-8-15-11/h10-13H,1-9H2. The predicted molar refractivity (Wildman–Crippen MR) is 59.4 cm³/mol. The Morgan fingerprint density at radius 3 is 2.50 bits per heavy atom. The molecule has 2 aliphatic rings. The Morgan fingerprint density at radius 1 is 1.00 bits per heavy atom. The van der Waals surface area contributed by atoms with Crippen molar-refractivity contribution in [1.29, 1.82) is 0 Å². The molecule has 2 heterocycles. The van der Waals surface area contributed by atoms with Crippen LogP contribution in [0.4, 0.5) is 0 Å². The van der Waals surface area contributed by atoms with Gasteiger partial charge in [-0.1, -0.05) is 0 Å². The third-order valence-corrected chi connectivity index (χ3v) is 3.00. The van der Waals surface area contributed by atoms with E-state index in [0.29, 0.717) is 6.10 Å². The SMILES string of the molecule is C1CCC(CNNOC2CCCCO2)OC1. The molecular weight excluding hydrogens is 208 g/mol. The Kier molecular flexibility index (Phi) is 5.51. The first-order valence-electron chi connectivity index (χ1n) is 6.32. The summed E-state index contributed by atoms with van der Waals surface area (Å²) in [6.07, 6.45) is 7.09. The molecular formula is C11H22N2O3. The number of hydrogen-bond acceptors (Lipinski definition) is 5. The second-order valence-corrected chi connectivity index (χ2v) is 4.39. The van der Waals surface area contributed by atoms with Crippen molar-refractivity contribution in [3.63, 3.8) is 0 Å². The van der Waals surface area contributed by atoms with Crippen LogP contribution in [0.15, 0.2) is 0 Å². The topological polar surface area (TPSA) is 51.8 Å². The van der Waals surface area contributed by atoms with Gasteiger partial charge in [0.2, 0.25) is 0 Å². The normalized spacial score (nSPS) is 31.5. The van der Waals surface area contributed by atoms with Crippen LogP contribution in [0.2, 0.25) is 0 Å². The number of rotatable bonds is 5. The molecule has 0 aliphatic carbocycles. The Bertz CT molecular complexity index is 160. The fourth-order valence-electron chi connectivity index (χ4n) is 2.04. The smallest absolute Gasteiger partial charge is 0.178 e. The molecule has 2 unspecified atom stereocenters. The van der Waals surface area contributed by atoms with Gasteiger partial charge < -0.3 is 9.47 Å². The molecule has 2 rings (SSSR count). The van der Waals surface area contributed by atoms with Crippen molar-refractivity contribution in [3.8, 4) is 0 Å². The van der Waals surface area contributed by atoms with Crippen molar-refractivity contribution in [1.82, 2.24) is 11.0 Å². The molecule has 2 atom stereocenters. The molecule has 0 bridgehead atoms. The zero-order valence-corrected chi connectivity index (χ0v) is 9.74. The van der Waals surface area contributed by atoms with Gasteiger partial charge in [-0.15, -0.1) is 5.59 Å². The van der Waals surface area contributed by atoms with E-state index >= 15 is 0 Å². The maximum Gasteiger partial charge on any atom is 0.178 e. The average Bonchev–Trinajstić information content (AvgIpc) is 2.37. The number of hydrazine groups is 1. The summed E-state index contributed by atoms with van der Waals surface area (Å²) >= 11 is 0. The van der Waals surface area contributed by atoms with Crippen LogP contribution in [0.25, 0.3) is 0 Å². The van der Waals surface area contributed by atoms with Crippen molar-refractivity contribution in [2.24, 2.45) is 0 Å². The highest BCUT2D eigenvalue weighted by atomic mass is 16.8. The Balaban J connectivity index is 1.47. The molecule has 0 amide bonds. The van der Waals surface area contributed by atoms with E-state index in [1.807, 2.05) is 0 Å². The molecule has 0 radical (unpaired) electrons. The fraction of sp³-hybridized carbons (Fsp3) is 1.00. The second kappa shape index (κ2) is 7.19. The third-order valence-electron chi connectivity index (χ3n) is 3.00. The van der Waals surface area contributed by atoms with Gasteiger partial charge in [0.05, 0.1) is 6.10 Å². The summed E-state index contributed by atoms with van der Waals surface area (Å²) in [7, 11) is 0. The lowest BCUT2D eigenvalue weighted by Gasteiger charge is -2.25. The summed E-state index contributed by atoms with van der Waals surface area (Å²) in [5, 5.41) is 0. The molecule has 2 saturated heterocycles. The Labute approximate surface area is 96.7 Å². The number of ether oxygens (including phenoxy) is 2. The minimum Gasteiger partial charge on any atom is -0.377 e. The van der Waals surface area contributed by atoms with Crippen LogP contribution in [0, 0.1) is 0 Å². The average molecular weight is 230 g/mol. The molecule has 5 nitrogen and oxygen atoms in total. The first-order chi connectivity index (χ1) is 7.95. The molecule has 94 valence electrons. The van der Waals surface area contributed by atoms with E-state index in [1.165, 1.54) is 19.3 Å². The van der Waals surface area contributed by atoms with E-state index in [2.05, 4.69) is 11.0 Å². The zero-order valence-electron chi connectivity index (χ0n) is 9.74. The molecule has 0 saturated carbocycles. The molecule has 0 aromatic heterocycles. The molecule has 16 heavy (non-hydrogen) atoms. The van der Waals surface area contributed by atoms with Gasteiger partial charge in [0.15, 0.2) is 6.29 Å². The van der Waals surface area contributed by atoms with Gasteiger partial charge in [0.25, 0.3) is 0 Å². The summed E-state index contributed by atoms with van der Waals surface area (Å²) in [5.74, 6) is 0. The summed E-state index contributed by atoms with van der Waals surface area (Å²) in [5.41, 5.74) is 5.77. The van der Waals surface area contributed by atoms with Gasteiger partial charge in [-0.2, -0.15) is 0 Å². The maximum atomic E-state index is 5.58. The molecule has 2 N–H and O–H groups in total. The Morgan fingerprint density at radius 2 is 1.81 bits per heavy atom. The van der Waals surface area contributed by atoms with E-state index in [4.69, 9.17) is 14.3 Å². The fourth-order valence-corrected chi connectivity index (χ4v) is 2.04. The van der Waals surface area contributed by atoms with Crippen LogP contribution in [0.1, 0.15) is 38.5 Å². The summed E-state index contributed by atoms with van der Waals surface area (Å²) in [6.45, 7) is 2.48. The molecule has 5 heteroatoms. The lowest BCUT2D eigenvalue weighted by Crippen LogP contribution is -2.42. The summed E-state index contributed by atoms with van der Waals surface area (Å²) in [4.78, 5) is 5.34. The summed E-state index contributed by atoms with van der Waals surface area (Å²) in [6, 6.07) is 0. The van der Waals surface area contributed by atoms with Crippen molar-refractivity contribution >= 4 is 0 Å². The zero-order chi connectivity index (χ0) is 11.1. The van der Waals surface area contributed by atoms with Crippen LogP contribution in [0.3, 0.4) is 0 Å². The molecule has 0 aromatic carbocycles. The van der Waals surface area contributed by atoms with Crippen molar-refractivity contribution in [2.45, 2.75) is 50.9 Å². The van der Waals surface area contributed by atoms with Gasteiger partial charge in [-0.3, -0.25) is 4.84 Å². The highest BCUT2D eigenvalue weighted by Gasteiger charge is 2.15. The number of hydrogen-bond donors (Lipinski definition) is 2. The van der Waals surface area contributed by atoms with E-state index in [-0.39, 0.29) is 6.29 Å². The third kappa shape index (κ3) is 4.35. The highest BCUT2D eigenvalue weighted by molar-refractivity contribution is 4.64. The van der Waals surface area contributed by atoms with Gasteiger partial charge >= 0.3 is 0 Å². The number of nitrogens with one attached hydrogen (secondary N) is 2. The van der Waals surface area contributed by atoms with Crippen molar-refractivity contribution in [2.75, 3.05) is 19.8 Å². The first-order valence-corrected chi connectivity index (χ1v) is 6.32. The van der Waals surface area contributed by atoms with Crippen LogP contribution in [0.5, 0.6) is 0 Å².